The van der Waals surface area contributed by atoms with Crippen molar-refractivity contribution in [3.8, 4) is 11.1 Å². The first-order valence-corrected chi connectivity index (χ1v) is 16.0. The summed E-state index contributed by atoms with van der Waals surface area (Å²) in [5.41, 5.74) is 4.03. The highest BCUT2D eigenvalue weighted by Crippen LogP contribution is 2.46. The largest absolute Gasteiger partial charge is 0.453 e. The van der Waals surface area contributed by atoms with Crippen LogP contribution in [0.4, 0.5) is 4.79 Å². The smallest absolute Gasteiger partial charge is 0.406 e. The van der Waals surface area contributed by atoms with Gasteiger partial charge >= 0.3 is 6.09 Å². The molecule has 0 saturated carbocycles. The first-order valence-electron chi connectivity index (χ1n) is 14.9. The predicted molar refractivity (Wildman–Crippen MR) is 175 cm³/mol. The molecule has 1 aliphatic rings. The van der Waals surface area contributed by atoms with Crippen LogP contribution in [0, 0.1) is 5.92 Å². The Kier molecular flexibility index (Phi) is 11.7. The van der Waals surface area contributed by atoms with Crippen LogP contribution in [-0.2, 0) is 23.3 Å². The Labute approximate surface area is 268 Å². The van der Waals surface area contributed by atoms with E-state index < -0.39 is 11.7 Å². The molecule has 4 rings (SSSR count). The van der Waals surface area contributed by atoms with Crippen LogP contribution >= 0.6 is 27.5 Å². The topological polar surface area (TPSA) is 90.9 Å². The van der Waals surface area contributed by atoms with Crippen LogP contribution in [0.15, 0.2) is 65.1 Å². The Hall–Kier alpha value is -2.91. The van der Waals surface area contributed by atoms with Crippen molar-refractivity contribution in [2.75, 3.05) is 33.8 Å². The quantitative estimate of drug-likeness (QED) is 0.193. The zero-order valence-corrected chi connectivity index (χ0v) is 27.4. The summed E-state index contributed by atoms with van der Waals surface area (Å²) in [4.78, 5) is 27.4. The summed E-state index contributed by atoms with van der Waals surface area (Å²) < 4.78 is 5.48. The second-order valence-corrected chi connectivity index (χ2v) is 12.4. The van der Waals surface area contributed by atoms with E-state index in [1.165, 1.54) is 12.7 Å². The van der Waals surface area contributed by atoms with Crippen LogP contribution in [0.5, 0.6) is 0 Å². The van der Waals surface area contributed by atoms with Crippen LogP contribution < -0.4 is 10.6 Å². The van der Waals surface area contributed by atoms with Gasteiger partial charge in [-0.1, -0.05) is 61.0 Å². The van der Waals surface area contributed by atoms with Gasteiger partial charge in [-0.3, -0.25) is 4.79 Å². The van der Waals surface area contributed by atoms with Crippen molar-refractivity contribution < 1.29 is 19.4 Å². The molecule has 1 fully saturated rings. The van der Waals surface area contributed by atoms with E-state index in [1.807, 2.05) is 60.5 Å². The molecule has 230 valence electrons. The maximum atomic E-state index is 13.8. The highest BCUT2D eigenvalue weighted by Gasteiger charge is 2.43. The molecular formula is C34H41BrClN3O4. The molecule has 0 spiro atoms. The van der Waals surface area contributed by atoms with E-state index >= 15 is 0 Å². The molecule has 43 heavy (non-hydrogen) atoms. The van der Waals surface area contributed by atoms with Crippen molar-refractivity contribution >= 4 is 39.5 Å². The van der Waals surface area contributed by atoms with Crippen LogP contribution in [0.3, 0.4) is 0 Å². The minimum atomic E-state index is -1.31. The number of aryl methyl sites for hydroxylation is 1. The van der Waals surface area contributed by atoms with Gasteiger partial charge in [-0.05, 0) is 95.5 Å². The number of hydrogen-bond donors (Lipinski definition) is 3. The zero-order valence-electron chi connectivity index (χ0n) is 25.1. The number of rotatable bonds is 11. The summed E-state index contributed by atoms with van der Waals surface area (Å²) in [6, 6.07) is 19.7. The Morgan fingerprint density at radius 3 is 2.65 bits per heavy atom. The molecule has 1 heterocycles. The average molecular weight is 671 g/mol. The maximum absolute atomic E-state index is 13.8. The number of aliphatic hydroxyl groups is 1. The van der Waals surface area contributed by atoms with Crippen molar-refractivity contribution in [3.05, 3.63) is 92.4 Å². The van der Waals surface area contributed by atoms with Crippen molar-refractivity contribution in [2.45, 2.75) is 51.2 Å². The number of nitrogens with one attached hydrogen (secondary N) is 2. The fraction of sp³-hybridized carbons (Fsp3) is 0.412. The number of piperidine rings is 1. The van der Waals surface area contributed by atoms with Gasteiger partial charge in [0.05, 0.1) is 18.3 Å². The second-order valence-electron chi connectivity index (χ2n) is 11.1. The molecule has 9 heteroatoms. The van der Waals surface area contributed by atoms with Gasteiger partial charge in [-0.2, -0.15) is 0 Å². The van der Waals surface area contributed by atoms with Crippen LogP contribution in [0.2, 0.25) is 5.02 Å². The van der Waals surface area contributed by atoms with E-state index in [1.54, 1.807) is 0 Å². The Morgan fingerprint density at radius 2 is 1.93 bits per heavy atom. The molecule has 3 aromatic rings. The predicted octanol–water partition coefficient (Wildman–Crippen LogP) is 6.93. The average Bonchev–Trinajstić information content (AvgIpc) is 3.02. The lowest BCUT2D eigenvalue weighted by atomic mass is 9.72. The Balaban J connectivity index is 1.70. The van der Waals surface area contributed by atoms with E-state index in [9.17, 15) is 14.7 Å². The number of ether oxygens (including phenoxy) is 1. The number of likely N-dealkylation sites (tertiary alicyclic amines) is 1. The summed E-state index contributed by atoms with van der Waals surface area (Å²) in [6.07, 6.45) is 2.75. The molecule has 2 atom stereocenters. The number of carbonyl (C=O) groups excluding carboxylic acids is 2. The lowest BCUT2D eigenvalue weighted by Gasteiger charge is -2.44. The molecule has 3 aromatic carbocycles. The number of nitrogens with zero attached hydrogens (tertiary/aromatic N) is 1. The van der Waals surface area contributed by atoms with Gasteiger partial charge in [-0.15, -0.1) is 0 Å². The first kappa shape index (κ1) is 33.0. The molecule has 2 amide bonds. The normalized spacial score (nSPS) is 16.4. The van der Waals surface area contributed by atoms with Gasteiger partial charge in [0.1, 0.15) is 0 Å². The SMILES string of the molecule is CCc1cccc(-c2c(Cl)cccc2C(O)(CCCNC(=O)OC)C2CCCN(C(=O)c3ccc(CNC)cc3Br)C2)c1. The molecule has 0 bridgehead atoms. The molecule has 1 aliphatic heterocycles. The Bertz CT molecular complexity index is 1430. The summed E-state index contributed by atoms with van der Waals surface area (Å²) in [6.45, 7) is 4.17. The lowest BCUT2D eigenvalue weighted by Crippen LogP contribution is -2.48. The monoisotopic (exact) mass is 669 g/mol. The van der Waals surface area contributed by atoms with E-state index in [2.05, 4.69) is 45.6 Å². The third-order valence-corrected chi connectivity index (χ3v) is 9.29. The van der Waals surface area contributed by atoms with E-state index in [0.717, 1.165) is 46.0 Å². The first-order chi connectivity index (χ1) is 20.7. The number of benzene rings is 3. The molecule has 7 nitrogen and oxygen atoms in total. The summed E-state index contributed by atoms with van der Waals surface area (Å²) in [7, 11) is 3.22. The zero-order chi connectivity index (χ0) is 31.0. The van der Waals surface area contributed by atoms with Crippen molar-refractivity contribution in [3.63, 3.8) is 0 Å². The van der Waals surface area contributed by atoms with Gasteiger partial charge < -0.3 is 25.4 Å². The molecule has 2 unspecified atom stereocenters. The molecule has 0 aromatic heterocycles. The fourth-order valence-corrected chi connectivity index (χ4v) is 6.95. The highest BCUT2D eigenvalue weighted by atomic mass is 79.9. The molecule has 0 radical (unpaired) electrons. The standard InChI is InChI=1S/C34H41BrClN3O4/c1-4-23-9-5-10-25(19-23)31-28(12-6-13-30(31)36)34(42,16-8-17-38-33(41)43-3)26-11-7-18-39(22-26)32(40)27-15-14-24(21-37-2)20-29(27)35/h5-6,9-10,12-15,19-20,26,37,42H,4,7-8,11,16-18,21-22H2,1-3H3,(H,38,41). The molecular weight excluding hydrogens is 630 g/mol. The van der Waals surface area contributed by atoms with Gasteiger partial charge in [0.15, 0.2) is 0 Å². The number of amides is 2. The Morgan fingerprint density at radius 1 is 1.14 bits per heavy atom. The summed E-state index contributed by atoms with van der Waals surface area (Å²) in [5, 5.41) is 19.2. The van der Waals surface area contributed by atoms with Gasteiger partial charge in [0, 0.05) is 47.2 Å². The number of halogens is 2. The fourth-order valence-electron chi connectivity index (χ4n) is 6.07. The lowest BCUT2D eigenvalue weighted by molar-refractivity contribution is -0.0563. The van der Waals surface area contributed by atoms with E-state index in [-0.39, 0.29) is 11.8 Å². The van der Waals surface area contributed by atoms with Crippen molar-refractivity contribution in [2.24, 2.45) is 5.92 Å². The summed E-state index contributed by atoms with van der Waals surface area (Å²) in [5.74, 6) is -0.318. The van der Waals surface area contributed by atoms with Crippen LogP contribution in [-0.4, -0.2) is 55.8 Å². The van der Waals surface area contributed by atoms with Crippen LogP contribution in [0.25, 0.3) is 11.1 Å². The van der Waals surface area contributed by atoms with Crippen molar-refractivity contribution in [1.29, 1.82) is 0 Å². The molecule has 1 saturated heterocycles. The highest BCUT2D eigenvalue weighted by molar-refractivity contribution is 9.10. The third kappa shape index (κ3) is 7.79. The number of hydrogen-bond acceptors (Lipinski definition) is 5. The third-order valence-electron chi connectivity index (χ3n) is 8.32. The number of carbonyl (C=O) groups is 2. The van der Waals surface area contributed by atoms with Crippen molar-refractivity contribution in [1.82, 2.24) is 15.5 Å². The van der Waals surface area contributed by atoms with E-state index in [0.29, 0.717) is 49.6 Å². The molecule has 0 aliphatic carbocycles. The second kappa shape index (κ2) is 15.2. The summed E-state index contributed by atoms with van der Waals surface area (Å²) >= 11 is 10.5. The minimum absolute atomic E-state index is 0.0655. The van der Waals surface area contributed by atoms with Crippen LogP contribution in [0.1, 0.15) is 59.7 Å². The van der Waals surface area contributed by atoms with Gasteiger partial charge in [0.25, 0.3) is 5.91 Å². The molecule has 3 N–H and O–H groups in total. The number of methoxy groups -OCH3 is 1. The van der Waals surface area contributed by atoms with E-state index in [4.69, 9.17) is 16.3 Å². The van der Waals surface area contributed by atoms with Gasteiger partial charge in [-0.25, -0.2) is 4.79 Å². The maximum Gasteiger partial charge on any atom is 0.406 e. The number of alkyl carbamates (subject to hydrolysis) is 1. The minimum Gasteiger partial charge on any atom is -0.453 e. The van der Waals surface area contributed by atoms with Gasteiger partial charge in [0.2, 0.25) is 0 Å².